The Morgan fingerprint density at radius 2 is 2.12 bits per heavy atom. The fourth-order valence-electron chi connectivity index (χ4n) is 2.51. The fourth-order valence-corrected chi connectivity index (χ4v) is 2.51. The standard InChI is InChI=1S/C17H20N4O3/c1-17(2)10-24-13-6-5-11(9-12(13)21(3)15(17)22)19-16-18-8-7-14(20-16)23-4/h5-9H,10H2,1-4H3,(H,18,19,20). The van der Waals surface area contributed by atoms with Crippen LogP contribution in [0.5, 0.6) is 11.6 Å². The monoisotopic (exact) mass is 328 g/mol. The lowest BCUT2D eigenvalue weighted by molar-refractivity contribution is -0.127. The van der Waals surface area contributed by atoms with E-state index in [1.807, 2.05) is 32.0 Å². The van der Waals surface area contributed by atoms with Gasteiger partial charge in [0.05, 0.1) is 18.2 Å². The van der Waals surface area contributed by atoms with E-state index in [1.165, 1.54) is 0 Å². The third-order valence-electron chi connectivity index (χ3n) is 3.89. The Bertz CT molecular complexity index is 776. The minimum Gasteiger partial charge on any atom is -0.490 e. The number of anilines is 3. The summed E-state index contributed by atoms with van der Waals surface area (Å²) in [7, 11) is 3.30. The normalized spacial score (nSPS) is 16.0. The average Bonchev–Trinajstić information content (AvgIpc) is 2.66. The zero-order valence-electron chi connectivity index (χ0n) is 14.2. The highest BCUT2D eigenvalue weighted by Gasteiger charge is 2.36. The number of methoxy groups -OCH3 is 1. The van der Waals surface area contributed by atoms with Crippen LogP contribution in [0.25, 0.3) is 0 Å². The highest BCUT2D eigenvalue weighted by atomic mass is 16.5. The van der Waals surface area contributed by atoms with Gasteiger partial charge in [-0.1, -0.05) is 0 Å². The lowest BCUT2D eigenvalue weighted by Crippen LogP contribution is -2.39. The molecule has 1 aliphatic heterocycles. The number of hydrogen-bond donors (Lipinski definition) is 1. The van der Waals surface area contributed by atoms with E-state index in [2.05, 4.69) is 15.3 Å². The van der Waals surface area contributed by atoms with Crippen molar-refractivity contribution in [3.05, 3.63) is 30.5 Å². The summed E-state index contributed by atoms with van der Waals surface area (Å²) in [5.41, 5.74) is 0.889. The average molecular weight is 328 g/mol. The molecule has 24 heavy (non-hydrogen) atoms. The summed E-state index contributed by atoms with van der Waals surface area (Å²) in [5.74, 6) is 1.57. The Morgan fingerprint density at radius 1 is 1.33 bits per heavy atom. The minimum absolute atomic E-state index is 0.0102. The van der Waals surface area contributed by atoms with Gasteiger partial charge in [0.2, 0.25) is 17.7 Å². The molecule has 0 unspecified atom stereocenters. The van der Waals surface area contributed by atoms with Crippen molar-refractivity contribution in [2.45, 2.75) is 13.8 Å². The van der Waals surface area contributed by atoms with Crippen LogP contribution in [0.15, 0.2) is 30.5 Å². The van der Waals surface area contributed by atoms with Crippen molar-refractivity contribution in [1.29, 1.82) is 0 Å². The number of aromatic nitrogens is 2. The largest absolute Gasteiger partial charge is 0.490 e. The molecule has 126 valence electrons. The number of rotatable bonds is 3. The van der Waals surface area contributed by atoms with Crippen LogP contribution in [0.2, 0.25) is 0 Å². The summed E-state index contributed by atoms with van der Waals surface area (Å²) in [6.45, 7) is 4.09. The summed E-state index contributed by atoms with van der Waals surface area (Å²) >= 11 is 0. The van der Waals surface area contributed by atoms with Crippen LogP contribution in [0.1, 0.15) is 13.8 Å². The molecule has 2 heterocycles. The van der Waals surface area contributed by atoms with E-state index in [-0.39, 0.29) is 5.91 Å². The molecule has 0 aliphatic carbocycles. The van der Waals surface area contributed by atoms with Crippen LogP contribution in [-0.2, 0) is 4.79 Å². The van der Waals surface area contributed by atoms with Gasteiger partial charge in [0.1, 0.15) is 12.4 Å². The van der Waals surface area contributed by atoms with E-state index < -0.39 is 5.41 Å². The first-order valence-corrected chi connectivity index (χ1v) is 7.60. The van der Waals surface area contributed by atoms with E-state index in [0.717, 1.165) is 5.69 Å². The molecule has 2 aromatic rings. The van der Waals surface area contributed by atoms with Crippen LogP contribution in [-0.4, -0.2) is 36.6 Å². The Hall–Kier alpha value is -2.83. The van der Waals surface area contributed by atoms with Gasteiger partial charge < -0.3 is 19.7 Å². The van der Waals surface area contributed by atoms with Crippen LogP contribution in [0.4, 0.5) is 17.3 Å². The smallest absolute Gasteiger partial charge is 0.235 e. The molecule has 0 saturated heterocycles. The Kier molecular flexibility index (Phi) is 4.01. The van der Waals surface area contributed by atoms with Crippen molar-refractivity contribution >= 4 is 23.2 Å². The SMILES string of the molecule is COc1ccnc(Nc2ccc3c(c2)N(C)C(=O)C(C)(C)CO3)n1. The Labute approximate surface area is 140 Å². The van der Waals surface area contributed by atoms with Crippen molar-refractivity contribution in [2.24, 2.45) is 5.41 Å². The number of amides is 1. The van der Waals surface area contributed by atoms with Gasteiger partial charge in [-0.05, 0) is 32.0 Å². The molecule has 1 aromatic heterocycles. The molecule has 7 heteroatoms. The maximum atomic E-state index is 12.6. The number of fused-ring (bicyclic) bond motifs is 1. The van der Waals surface area contributed by atoms with Gasteiger partial charge in [0.15, 0.2) is 0 Å². The van der Waals surface area contributed by atoms with E-state index in [1.54, 1.807) is 31.3 Å². The fraction of sp³-hybridized carbons (Fsp3) is 0.353. The summed E-state index contributed by atoms with van der Waals surface area (Å²) in [6.07, 6.45) is 1.61. The molecule has 1 amide bonds. The Balaban J connectivity index is 1.91. The molecule has 3 rings (SSSR count). The molecule has 0 bridgehead atoms. The number of benzene rings is 1. The summed E-state index contributed by atoms with van der Waals surface area (Å²) in [4.78, 5) is 22.6. The van der Waals surface area contributed by atoms with Crippen molar-refractivity contribution in [3.8, 4) is 11.6 Å². The zero-order valence-corrected chi connectivity index (χ0v) is 14.2. The summed E-state index contributed by atoms with van der Waals surface area (Å²) in [5, 5.41) is 3.11. The lowest BCUT2D eigenvalue weighted by atomic mass is 9.93. The van der Waals surface area contributed by atoms with Crippen molar-refractivity contribution in [1.82, 2.24) is 9.97 Å². The summed E-state index contributed by atoms with van der Waals surface area (Å²) < 4.78 is 10.9. The van der Waals surface area contributed by atoms with Gasteiger partial charge in [0, 0.05) is 25.0 Å². The number of ether oxygens (including phenoxy) is 2. The van der Waals surface area contributed by atoms with Gasteiger partial charge in [-0.15, -0.1) is 0 Å². The minimum atomic E-state index is -0.572. The predicted molar refractivity (Wildman–Crippen MR) is 91.0 cm³/mol. The van der Waals surface area contributed by atoms with E-state index in [9.17, 15) is 4.79 Å². The highest BCUT2D eigenvalue weighted by Crippen LogP contribution is 2.37. The topological polar surface area (TPSA) is 76.6 Å². The quantitative estimate of drug-likeness (QED) is 0.933. The van der Waals surface area contributed by atoms with Crippen LogP contribution in [0.3, 0.4) is 0 Å². The van der Waals surface area contributed by atoms with Crippen LogP contribution in [0, 0.1) is 5.41 Å². The maximum absolute atomic E-state index is 12.6. The first kappa shape index (κ1) is 16.0. The van der Waals surface area contributed by atoms with Crippen LogP contribution < -0.4 is 19.7 Å². The summed E-state index contributed by atoms with van der Waals surface area (Å²) in [6, 6.07) is 7.21. The molecule has 0 saturated carbocycles. The van der Waals surface area contributed by atoms with Gasteiger partial charge in [-0.25, -0.2) is 4.98 Å². The molecular formula is C17H20N4O3. The number of hydrogen-bond acceptors (Lipinski definition) is 6. The first-order chi connectivity index (χ1) is 11.4. The van der Waals surface area contributed by atoms with Gasteiger partial charge in [-0.2, -0.15) is 4.98 Å². The molecule has 1 N–H and O–H groups in total. The number of nitrogens with one attached hydrogen (secondary N) is 1. The molecule has 0 spiro atoms. The van der Waals surface area contributed by atoms with Gasteiger partial charge in [0.25, 0.3) is 0 Å². The van der Waals surface area contributed by atoms with E-state index in [0.29, 0.717) is 29.9 Å². The van der Waals surface area contributed by atoms with E-state index >= 15 is 0 Å². The Morgan fingerprint density at radius 3 is 2.88 bits per heavy atom. The molecule has 0 radical (unpaired) electrons. The van der Waals surface area contributed by atoms with Gasteiger partial charge in [-0.3, -0.25) is 4.79 Å². The first-order valence-electron chi connectivity index (χ1n) is 7.60. The van der Waals surface area contributed by atoms with Crippen molar-refractivity contribution < 1.29 is 14.3 Å². The van der Waals surface area contributed by atoms with Gasteiger partial charge >= 0.3 is 0 Å². The second-order valence-electron chi connectivity index (χ2n) is 6.27. The van der Waals surface area contributed by atoms with E-state index in [4.69, 9.17) is 9.47 Å². The van der Waals surface area contributed by atoms with Crippen LogP contribution >= 0.6 is 0 Å². The second-order valence-corrected chi connectivity index (χ2v) is 6.27. The number of carbonyl (C=O) groups is 1. The third kappa shape index (κ3) is 2.97. The highest BCUT2D eigenvalue weighted by molar-refractivity contribution is 5.99. The predicted octanol–water partition coefficient (Wildman–Crippen LogP) is 2.61. The number of carbonyl (C=O) groups excluding carboxylic acids is 1. The molecule has 0 fully saturated rings. The molecular weight excluding hydrogens is 308 g/mol. The lowest BCUT2D eigenvalue weighted by Gasteiger charge is -2.24. The third-order valence-corrected chi connectivity index (χ3v) is 3.89. The van der Waals surface area contributed by atoms with Crippen molar-refractivity contribution in [3.63, 3.8) is 0 Å². The molecule has 1 aromatic carbocycles. The molecule has 1 aliphatic rings. The maximum Gasteiger partial charge on any atom is 0.235 e. The second kappa shape index (κ2) is 5.99. The van der Waals surface area contributed by atoms with Crippen molar-refractivity contribution in [2.75, 3.05) is 31.0 Å². The zero-order chi connectivity index (χ0) is 17.3. The molecule has 0 atom stereocenters. The number of nitrogens with zero attached hydrogens (tertiary/aromatic N) is 3. The molecule has 7 nitrogen and oxygen atoms in total.